The second-order valence-electron chi connectivity index (χ2n) is 3.89. The molecule has 5 heteroatoms. The van der Waals surface area contributed by atoms with E-state index in [-0.39, 0.29) is 12.2 Å². The number of halogens is 1. The number of methoxy groups -OCH3 is 2. The molecule has 1 aromatic carbocycles. The van der Waals surface area contributed by atoms with Crippen LogP contribution in [0.5, 0.6) is 5.75 Å². The van der Waals surface area contributed by atoms with Crippen molar-refractivity contribution in [3.8, 4) is 5.75 Å². The predicted octanol–water partition coefficient (Wildman–Crippen LogP) is 2.84. The molecular weight excluding hydrogens is 300 g/mol. The Morgan fingerprint density at radius 3 is 2.56 bits per heavy atom. The minimum atomic E-state index is -0.444. The maximum Gasteiger partial charge on any atom is 0.306 e. The van der Waals surface area contributed by atoms with Crippen LogP contribution >= 0.6 is 15.9 Å². The fourth-order valence-electron chi connectivity index (χ4n) is 1.56. The van der Waals surface area contributed by atoms with E-state index in [4.69, 9.17) is 4.74 Å². The van der Waals surface area contributed by atoms with Gasteiger partial charge >= 0.3 is 5.97 Å². The van der Waals surface area contributed by atoms with Gasteiger partial charge in [0.15, 0.2) is 5.78 Å². The molecule has 0 aliphatic heterocycles. The molecule has 1 aromatic rings. The van der Waals surface area contributed by atoms with Gasteiger partial charge in [-0.3, -0.25) is 9.59 Å². The number of rotatable bonds is 5. The molecule has 0 heterocycles. The Hall–Kier alpha value is -1.36. The number of Topliss-reactive ketones (excluding diaryl/α,β-unsaturated/α-hetero) is 1. The topological polar surface area (TPSA) is 52.6 Å². The molecule has 0 aliphatic carbocycles. The molecule has 0 radical (unpaired) electrons. The number of ether oxygens (including phenoxy) is 2. The maximum atomic E-state index is 12.2. The molecule has 0 bridgehead atoms. The SMILES string of the molecule is COC(=O)CC(C)C(=O)c1cc(Br)ccc1OC. The Morgan fingerprint density at radius 1 is 1.33 bits per heavy atom. The van der Waals surface area contributed by atoms with Gasteiger partial charge < -0.3 is 9.47 Å². The van der Waals surface area contributed by atoms with Gasteiger partial charge in [-0.15, -0.1) is 0 Å². The van der Waals surface area contributed by atoms with Crippen LogP contribution < -0.4 is 4.74 Å². The van der Waals surface area contributed by atoms with Gasteiger partial charge in [0.25, 0.3) is 0 Å². The van der Waals surface area contributed by atoms with E-state index < -0.39 is 11.9 Å². The summed E-state index contributed by atoms with van der Waals surface area (Å²) >= 11 is 3.31. The zero-order valence-electron chi connectivity index (χ0n) is 10.5. The van der Waals surface area contributed by atoms with Crippen LogP contribution in [0.3, 0.4) is 0 Å². The quantitative estimate of drug-likeness (QED) is 0.619. The Labute approximate surface area is 114 Å². The first-order valence-corrected chi connectivity index (χ1v) is 6.23. The smallest absolute Gasteiger partial charge is 0.306 e. The molecule has 0 fully saturated rings. The average molecular weight is 315 g/mol. The van der Waals surface area contributed by atoms with Crippen LogP contribution in [-0.2, 0) is 9.53 Å². The molecule has 0 spiro atoms. The summed E-state index contributed by atoms with van der Waals surface area (Å²) in [5.74, 6) is -0.482. The summed E-state index contributed by atoms with van der Waals surface area (Å²) in [4.78, 5) is 23.4. The summed E-state index contributed by atoms with van der Waals surface area (Å²) in [5.41, 5.74) is 0.461. The van der Waals surface area contributed by atoms with Crippen molar-refractivity contribution in [2.75, 3.05) is 14.2 Å². The molecule has 1 unspecified atom stereocenters. The summed E-state index contributed by atoms with van der Waals surface area (Å²) < 4.78 is 10.5. The van der Waals surface area contributed by atoms with Crippen molar-refractivity contribution in [1.82, 2.24) is 0 Å². The normalized spacial score (nSPS) is 11.8. The third-order valence-electron chi connectivity index (χ3n) is 2.58. The molecule has 18 heavy (non-hydrogen) atoms. The van der Waals surface area contributed by atoms with E-state index in [9.17, 15) is 9.59 Å². The van der Waals surface area contributed by atoms with Gasteiger partial charge in [0.2, 0.25) is 0 Å². The highest BCUT2D eigenvalue weighted by atomic mass is 79.9. The van der Waals surface area contributed by atoms with Crippen LogP contribution in [0.25, 0.3) is 0 Å². The third kappa shape index (κ3) is 3.57. The van der Waals surface area contributed by atoms with Gasteiger partial charge in [-0.05, 0) is 18.2 Å². The van der Waals surface area contributed by atoms with Gasteiger partial charge in [0.05, 0.1) is 26.2 Å². The molecular formula is C13H15BrO4. The number of ketones is 1. The van der Waals surface area contributed by atoms with Crippen molar-refractivity contribution in [2.45, 2.75) is 13.3 Å². The van der Waals surface area contributed by atoms with Gasteiger partial charge in [0, 0.05) is 10.4 Å². The first-order chi connectivity index (χ1) is 8.49. The lowest BCUT2D eigenvalue weighted by Gasteiger charge is -2.12. The van der Waals surface area contributed by atoms with Crippen molar-refractivity contribution in [3.05, 3.63) is 28.2 Å². The number of carbonyl (C=O) groups is 2. The van der Waals surface area contributed by atoms with Crippen LogP contribution in [-0.4, -0.2) is 26.0 Å². The van der Waals surface area contributed by atoms with Crippen LogP contribution in [0.2, 0.25) is 0 Å². The number of hydrogen-bond donors (Lipinski definition) is 0. The van der Waals surface area contributed by atoms with Crippen molar-refractivity contribution in [1.29, 1.82) is 0 Å². The largest absolute Gasteiger partial charge is 0.496 e. The van der Waals surface area contributed by atoms with Crippen LogP contribution in [0.1, 0.15) is 23.7 Å². The van der Waals surface area contributed by atoms with E-state index in [1.54, 1.807) is 25.1 Å². The second-order valence-corrected chi connectivity index (χ2v) is 4.81. The molecule has 0 aliphatic rings. The van der Waals surface area contributed by atoms with Crippen LogP contribution in [0, 0.1) is 5.92 Å². The summed E-state index contributed by atoms with van der Waals surface area (Å²) in [7, 11) is 2.81. The zero-order chi connectivity index (χ0) is 13.7. The van der Waals surface area contributed by atoms with Crippen LogP contribution in [0.15, 0.2) is 22.7 Å². The van der Waals surface area contributed by atoms with E-state index in [0.717, 1.165) is 4.47 Å². The highest BCUT2D eigenvalue weighted by Gasteiger charge is 2.22. The van der Waals surface area contributed by atoms with Gasteiger partial charge in [0.1, 0.15) is 5.75 Å². The van der Waals surface area contributed by atoms with E-state index >= 15 is 0 Å². The first-order valence-electron chi connectivity index (χ1n) is 5.44. The highest BCUT2D eigenvalue weighted by molar-refractivity contribution is 9.10. The summed E-state index contributed by atoms with van der Waals surface area (Å²) in [5, 5.41) is 0. The van der Waals surface area contributed by atoms with Crippen molar-refractivity contribution in [2.24, 2.45) is 5.92 Å². The third-order valence-corrected chi connectivity index (χ3v) is 3.07. The minimum Gasteiger partial charge on any atom is -0.496 e. The molecule has 0 saturated heterocycles. The monoisotopic (exact) mass is 314 g/mol. The Balaban J connectivity index is 2.95. The molecule has 0 saturated carbocycles. The number of carbonyl (C=O) groups excluding carboxylic acids is 2. The Bertz CT molecular complexity index is 456. The van der Waals surface area contributed by atoms with Gasteiger partial charge in [-0.2, -0.15) is 0 Å². The summed E-state index contributed by atoms with van der Waals surface area (Å²) in [6.07, 6.45) is 0.0605. The standard InChI is InChI=1S/C13H15BrO4/c1-8(6-12(15)18-3)13(16)10-7-9(14)4-5-11(10)17-2/h4-5,7-8H,6H2,1-3H3. The highest BCUT2D eigenvalue weighted by Crippen LogP contribution is 2.26. The first kappa shape index (κ1) is 14.7. The Kier molecular flexibility index (Phi) is 5.34. The molecule has 0 aromatic heterocycles. The van der Waals surface area contributed by atoms with Gasteiger partial charge in [-0.1, -0.05) is 22.9 Å². The number of esters is 1. The van der Waals surface area contributed by atoms with E-state index in [2.05, 4.69) is 20.7 Å². The predicted molar refractivity (Wildman–Crippen MR) is 70.8 cm³/mol. The lowest BCUT2D eigenvalue weighted by Crippen LogP contribution is -2.17. The molecule has 98 valence electrons. The fraction of sp³-hybridized carbons (Fsp3) is 0.385. The average Bonchev–Trinajstić information content (AvgIpc) is 2.37. The molecule has 1 atom stereocenters. The lowest BCUT2D eigenvalue weighted by atomic mass is 9.96. The maximum absolute atomic E-state index is 12.2. The number of hydrogen-bond acceptors (Lipinski definition) is 4. The minimum absolute atomic E-state index is 0.0605. The van der Waals surface area contributed by atoms with E-state index in [0.29, 0.717) is 11.3 Å². The molecule has 4 nitrogen and oxygen atoms in total. The van der Waals surface area contributed by atoms with Crippen molar-refractivity contribution < 1.29 is 19.1 Å². The second kappa shape index (κ2) is 6.54. The van der Waals surface area contributed by atoms with Gasteiger partial charge in [-0.25, -0.2) is 0 Å². The molecule has 0 amide bonds. The fourth-order valence-corrected chi connectivity index (χ4v) is 1.93. The van der Waals surface area contributed by atoms with E-state index in [1.807, 2.05) is 0 Å². The molecule has 1 rings (SSSR count). The van der Waals surface area contributed by atoms with Crippen molar-refractivity contribution >= 4 is 27.7 Å². The lowest BCUT2D eigenvalue weighted by molar-refractivity contribution is -0.141. The summed E-state index contributed by atoms with van der Waals surface area (Å²) in [6.45, 7) is 1.69. The molecule has 0 N–H and O–H groups in total. The zero-order valence-corrected chi connectivity index (χ0v) is 12.1. The van der Waals surface area contributed by atoms with Crippen LogP contribution in [0.4, 0.5) is 0 Å². The van der Waals surface area contributed by atoms with Crippen molar-refractivity contribution in [3.63, 3.8) is 0 Å². The Morgan fingerprint density at radius 2 is 2.00 bits per heavy atom. The summed E-state index contributed by atoms with van der Waals surface area (Å²) in [6, 6.07) is 5.19. The van der Waals surface area contributed by atoms with E-state index in [1.165, 1.54) is 14.2 Å². The number of benzene rings is 1.